The number of nitrogens with one attached hydrogen (secondary N) is 1. The average molecular weight is 379 g/mol. The number of carbonyl (C=O) groups is 1. The molecule has 0 fully saturated rings. The van der Waals surface area contributed by atoms with Crippen LogP contribution in [0.2, 0.25) is 0 Å². The van der Waals surface area contributed by atoms with Crippen LogP contribution in [0.25, 0.3) is 0 Å². The van der Waals surface area contributed by atoms with E-state index in [2.05, 4.69) is 42.3 Å². The molecule has 0 radical (unpaired) electrons. The van der Waals surface area contributed by atoms with Crippen LogP contribution in [0.4, 0.5) is 5.69 Å². The molecule has 0 unspecified atom stereocenters. The van der Waals surface area contributed by atoms with Crippen molar-refractivity contribution < 1.29 is 4.79 Å². The third-order valence-corrected chi connectivity index (χ3v) is 5.61. The number of thiophene rings is 1. The van der Waals surface area contributed by atoms with E-state index in [1.165, 1.54) is 11.3 Å². The molecule has 2 aromatic heterocycles. The van der Waals surface area contributed by atoms with Crippen molar-refractivity contribution in [3.8, 4) is 0 Å². The zero-order valence-electron chi connectivity index (χ0n) is 9.12. The Bertz CT molecular complexity index is 557. The molecule has 2 rings (SSSR count). The van der Waals surface area contributed by atoms with Crippen LogP contribution in [-0.2, 0) is 7.05 Å². The largest absolute Gasteiger partial charge is 0.318 e. The van der Waals surface area contributed by atoms with E-state index in [1.54, 1.807) is 16.9 Å². The quantitative estimate of drug-likeness (QED) is 0.868. The third kappa shape index (κ3) is 2.61. The van der Waals surface area contributed by atoms with Crippen LogP contribution in [-0.4, -0.2) is 15.7 Å². The summed E-state index contributed by atoms with van der Waals surface area (Å²) in [5.41, 5.74) is 1.66. The van der Waals surface area contributed by atoms with Gasteiger partial charge in [0.2, 0.25) is 0 Å². The molecule has 0 saturated carbocycles. The molecule has 2 heterocycles. The van der Waals surface area contributed by atoms with Gasteiger partial charge in [-0.2, -0.15) is 5.10 Å². The van der Waals surface area contributed by atoms with Crippen LogP contribution in [0.5, 0.6) is 0 Å². The van der Waals surface area contributed by atoms with Crippen molar-refractivity contribution in [3.05, 3.63) is 31.1 Å². The smallest absolute Gasteiger partial charge is 0.265 e. The molecule has 0 aliphatic carbocycles. The lowest BCUT2D eigenvalue weighted by atomic mass is 10.3. The van der Waals surface area contributed by atoms with Crippen LogP contribution in [0, 0.1) is 6.92 Å². The van der Waals surface area contributed by atoms with Gasteiger partial charge in [0, 0.05) is 11.5 Å². The molecule has 2 aromatic rings. The Labute approximate surface area is 119 Å². The number of amides is 1. The third-order valence-electron chi connectivity index (χ3n) is 2.35. The van der Waals surface area contributed by atoms with E-state index in [1.807, 2.05) is 14.0 Å². The van der Waals surface area contributed by atoms with Gasteiger partial charge >= 0.3 is 0 Å². The monoisotopic (exact) mass is 377 g/mol. The van der Waals surface area contributed by atoms with Crippen molar-refractivity contribution in [1.82, 2.24) is 9.78 Å². The van der Waals surface area contributed by atoms with Crippen LogP contribution < -0.4 is 5.32 Å². The van der Waals surface area contributed by atoms with Crippen molar-refractivity contribution in [2.45, 2.75) is 6.92 Å². The zero-order chi connectivity index (χ0) is 12.6. The fourth-order valence-corrected chi connectivity index (χ4v) is 3.19. The summed E-state index contributed by atoms with van der Waals surface area (Å²) in [6.45, 7) is 1.91. The fourth-order valence-electron chi connectivity index (χ4n) is 1.26. The summed E-state index contributed by atoms with van der Waals surface area (Å²) in [7, 11) is 1.84. The molecule has 0 saturated heterocycles. The number of hydrogen-bond acceptors (Lipinski definition) is 3. The van der Waals surface area contributed by atoms with E-state index in [9.17, 15) is 4.79 Å². The lowest BCUT2D eigenvalue weighted by Gasteiger charge is -2.02. The Hall–Kier alpha value is -0.660. The molecule has 1 amide bonds. The van der Waals surface area contributed by atoms with E-state index >= 15 is 0 Å². The molecular formula is C10H9Br2N3OS. The van der Waals surface area contributed by atoms with Gasteiger partial charge in [-0.1, -0.05) is 0 Å². The second kappa shape index (κ2) is 4.91. The van der Waals surface area contributed by atoms with E-state index in [4.69, 9.17) is 0 Å². The fraction of sp³-hybridized carbons (Fsp3) is 0.200. The maximum absolute atomic E-state index is 12.0. The summed E-state index contributed by atoms with van der Waals surface area (Å²) in [6, 6.07) is 1.79. The summed E-state index contributed by atoms with van der Waals surface area (Å²) < 4.78 is 3.51. The normalized spacial score (nSPS) is 10.6. The minimum absolute atomic E-state index is 0.127. The van der Waals surface area contributed by atoms with Gasteiger partial charge in [0.25, 0.3) is 5.91 Å². The minimum Gasteiger partial charge on any atom is -0.318 e. The average Bonchev–Trinajstić information content (AvgIpc) is 2.77. The van der Waals surface area contributed by atoms with Crippen molar-refractivity contribution in [3.63, 3.8) is 0 Å². The van der Waals surface area contributed by atoms with Crippen LogP contribution >= 0.6 is 43.2 Å². The molecule has 0 atom stereocenters. The number of carbonyl (C=O) groups excluding carboxylic acids is 1. The van der Waals surface area contributed by atoms with Gasteiger partial charge in [-0.25, -0.2) is 0 Å². The van der Waals surface area contributed by atoms with E-state index < -0.39 is 0 Å². The highest BCUT2D eigenvalue weighted by atomic mass is 79.9. The molecular weight excluding hydrogens is 370 g/mol. The molecule has 1 N–H and O–H groups in total. The second-order valence-electron chi connectivity index (χ2n) is 3.45. The summed E-state index contributed by atoms with van der Waals surface area (Å²) >= 11 is 8.10. The van der Waals surface area contributed by atoms with Gasteiger partial charge in [0.1, 0.15) is 0 Å². The predicted octanol–water partition coefficient (Wildman–Crippen LogP) is 3.57. The van der Waals surface area contributed by atoms with Gasteiger partial charge in [-0.3, -0.25) is 9.48 Å². The van der Waals surface area contributed by atoms with E-state index in [0.717, 1.165) is 19.6 Å². The number of nitrogens with zero attached hydrogens (tertiary/aromatic N) is 2. The van der Waals surface area contributed by atoms with Crippen LogP contribution in [0.3, 0.4) is 0 Å². The first kappa shape index (κ1) is 12.8. The summed E-state index contributed by atoms with van der Waals surface area (Å²) in [6.07, 6.45) is 1.64. The highest BCUT2D eigenvalue weighted by Gasteiger charge is 2.14. The Balaban J connectivity index is 2.20. The van der Waals surface area contributed by atoms with Gasteiger partial charge in [-0.05, 0) is 44.8 Å². The molecule has 7 heteroatoms. The lowest BCUT2D eigenvalue weighted by Crippen LogP contribution is -2.10. The molecule has 17 heavy (non-hydrogen) atoms. The van der Waals surface area contributed by atoms with Crippen molar-refractivity contribution in [2.75, 3.05) is 5.32 Å². The van der Waals surface area contributed by atoms with Crippen LogP contribution in [0.1, 0.15) is 15.4 Å². The summed E-state index contributed by atoms with van der Waals surface area (Å²) in [5, 5.41) is 6.91. The maximum Gasteiger partial charge on any atom is 0.265 e. The molecule has 90 valence electrons. The number of anilines is 1. The summed E-state index contributed by atoms with van der Waals surface area (Å²) in [4.78, 5) is 12.6. The van der Waals surface area contributed by atoms with E-state index in [-0.39, 0.29) is 5.91 Å². The Morgan fingerprint density at radius 3 is 2.71 bits per heavy atom. The second-order valence-corrected chi connectivity index (χ2v) is 6.68. The van der Waals surface area contributed by atoms with E-state index in [0.29, 0.717) is 4.88 Å². The Morgan fingerprint density at radius 1 is 1.53 bits per heavy atom. The molecule has 0 bridgehead atoms. The zero-order valence-corrected chi connectivity index (χ0v) is 13.1. The highest BCUT2D eigenvalue weighted by molar-refractivity contribution is 9.13. The molecule has 0 aliphatic heterocycles. The Morgan fingerprint density at radius 2 is 2.24 bits per heavy atom. The van der Waals surface area contributed by atoms with Gasteiger partial charge in [0.15, 0.2) is 0 Å². The van der Waals surface area contributed by atoms with Crippen molar-refractivity contribution >= 4 is 54.8 Å². The molecule has 0 aromatic carbocycles. The van der Waals surface area contributed by atoms with Crippen LogP contribution in [0.15, 0.2) is 20.5 Å². The topological polar surface area (TPSA) is 46.9 Å². The predicted molar refractivity (Wildman–Crippen MR) is 75.6 cm³/mol. The molecule has 0 spiro atoms. The number of rotatable bonds is 2. The number of halogens is 2. The number of aryl methyl sites for hydroxylation is 1. The first-order valence-corrected chi connectivity index (χ1v) is 7.14. The van der Waals surface area contributed by atoms with Gasteiger partial charge in [-0.15, -0.1) is 11.3 Å². The standard InChI is InChI=1S/C10H9Br2N3OS/c1-5-7(4-13-15(5)2)14-10(16)8-3-6(11)9(12)17-8/h3-4H,1-2H3,(H,14,16). The van der Waals surface area contributed by atoms with Gasteiger partial charge < -0.3 is 5.32 Å². The SMILES string of the molecule is Cc1c(NC(=O)c2cc(Br)c(Br)s2)cnn1C. The first-order valence-electron chi connectivity index (χ1n) is 4.74. The summed E-state index contributed by atoms with van der Waals surface area (Å²) in [5.74, 6) is -0.127. The molecule has 4 nitrogen and oxygen atoms in total. The maximum atomic E-state index is 12.0. The first-order chi connectivity index (χ1) is 7.99. The number of hydrogen-bond donors (Lipinski definition) is 1. The van der Waals surface area contributed by atoms with Crippen molar-refractivity contribution in [1.29, 1.82) is 0 Å². The Kier molecular flexibility index (Phi) is 3.70. The number of aromatic nitrogens is 2. The lowest BCUT2D eigenvalue weighted by molar-refractivity contribution is 0.103. The highest BCUT2D eigenvalue weighted by Crippen LogP contribution is 2.32. The minimum atomic E-state index is -0.127. The van der Waals surface area contributed by atoms with Gasteiger partial charge in [0.05, 0.1) is 26.2 Å². The van der Waals surface area contributed by atoms with Crippen molar-refractivity contribution in [2.24, 2.45) is 7.05 Å². The molecule has 0 aliphatic rings.